The second kappa shape index (κ2) is 6.38. The van der Waals surface area contributed by atoms with E-state index in [4.69, 9.17) is 20.2 Å². The Morgan fingerprint density at radius 3 is 2.96 bits per heavy atom. The van der Waals surface area contributed by atoms with Crippen LogP contribution >= 0.6 is 11.3 Å². The van der Waals surface area contributed by atoms with Gasteiger partial charge >= 0.3 is 0 Å². The molecule has 4 aromatic rings. The lowest BCUT2D eigenvalue weighted by molar-refractivity contribution is 0.0955. The fourth-order valence-corrected chi connectivity index (χ4v) is 4.35. The van der Waals surface area contributed by atoms with Crippen LogP contribution in [0.3, 0.4) is 0 Å². The number of aromatic nitrogens is 1. The Bertz CT molecular complexity index is 1250. The molecule has 2 aromatic carbocycles. The zero-order chi connectivity index (χ0) is 19.3. The fraction of sp³-hybridized carbons (Fsp3) is 0.143. The van der Waals surface area contributed by atoms with Gasteiger partial charge in [-0.2, -0.15) is 0 Å². The lowest BCUT2D eigenvalue weighted by Gasteiger charge is -2.05. The van der Waals surface area contributed by atoms with Crippen LogP contribution in [0.5, 0.6) is 11.5 Å². The molecule has 0 saturated carbocycles. The van der Waals surface area contributed by atoms with E-state index in [2.05, 4.69) is 5.32 Å². The predicted molar refractivity (Wildman–Crippen MR) is 110 cm³/mol. The first kappa shape index (κ1) is 16.8. The van der Waals surface area contributed by atoms with Gasteiger partial charge in [-0.1, -0.05) is 24.3 Å². The number of ether oxygens (including phenoxy) is 2. The summed E-state index contributed by atoms with van der Waals surface area (Å²) in [4.78, 5) is 18.7. The first-order valence-corrected chi connectivity index (χ1v) is 9.67. The van der Waals surface area contributed by atoms with Crippen molar-refractivity contribution in [3.63, 3.8) is 0 Å². The van der Waals surface area contributed by atoms with E-state index in [1.165, 1.54) is 11.3 Å². The summed E-state index contributed by atoms with van der Waals surface area (Å²) < 4.78 is 10.7. The summed E-state index contributed by atoms with van der Waals surface area (Å²) in [5.74, 6) is 1.20. The number of aryl methyl sites for hydroxylation is 1. The second-order valence-electron chi connectivity index (χ2n) is 6.70. The summed E-state index contributed by atoms with van der Waals surface area (Å²) in [6.45, 7) is 2.62. The molecule has 0 unspecified atom stereocenters. The van der Waals surface area contributed by atoms with Crippen LogP contribution in [0, 0.1) is 6.92 Å². The molecule has 0 saturated heterocycles. The number of rotatable bonds is 3. The minimum absolute atomic E-state index is 0.209. The molecule has 0 fully saturated rings. The third-order valence-electron chi connectivity index (χ3n) is 4.84. The molecule has 1 aliphatic rings. The van der Waals surface area contributed by atoms with Crippen molar-refractivity contribution in [1.82, 2.24) is 10.3 Å². The number of carbonyl (C=O) groups excluding carboxylic acids is 1. The smallest absolute Gasteiger partial charge is 0.263 e. The maximum absolute atomic E-state index is 12.7. The molecule has 0 atom stereocenters. The molecule has 140 valence electrons. The number of nitrogens with one attached hydrogen (secondary N) is 1. The van der Waals surface area contributed by atoms with Crippen molar-refractivity contribution in [2.45, 2.75) is 13.5 Å². The molecule has 1 aliphatic heterocycles. The molecule has 28 heavy (non-hydrogen) atoms. The van der Waals surface area contributed by atoms with Gasteiger partial charge in [0, 0.05) is 17.3 Å². The van der Waals surface area contributed by atoms with Crippen molar-refractivity contribution in [3.05, 3.63) is 58.5 Å². The summed E-state index contributed by atoms with van der Waals surface area (Å²) in [7, 11) is 0. The second-order valence-corrected chi connectivity index (χ2v) is 7.70. The SMILES string of the molecule is Cc1cccc2cc3c(N)c(C(=O)NCc4ccc5c(c4)OCO5)sc3nc12. The van der Waals surface area contributed by atoms with Gasteiger partial charge in [0.25, 0.3) is 5.91 Å². The van der Waals surface area contributed by atoms with Crippen molar-refractivity contribution >= 4 is 44.1 Å². The van der Waals surface area contributed by atoms with Crippen LogP contribution in [0.4, 0.5) is 5.69 Å². The Balaban J connectivity index is 1.43. The van der Waals surface area contributed by atoms with Crippen molar-refractivity contribution in [1.29, 1.82) is 0 Å². The molecule has 1 amide bonds. The Kier molecular flexibility index (Phi) is 3.84. The predicted octanol–water partition coefficient (Wildman–Crippen LogP) is 4.00. The first-order valence-electron chi connectivity index (χ1n) is 8.85. The third kappa shape index (κ3) is 2.71. The molecule has 0 bridgehead atoms. The highest BCUT2D eigenvalue weighted by atomic mass is 32.1. The first-order chi connectivity index (χ1) is 13.6. The van der Waals surface area contributed by atoms with Gasteiger partial charge in [0.2, 0.25) is 6.79 Å². The number of hydrogen-bond acceptors (Lipinski definition) is 6. The number of fused-ring (bicyclic) bond motifs is 3. The van der Waals surface area contributed by atoms with Crippen molar-refractivity contribution in [2.24, 2.45) is 0 Å². The number of carbonyl (C=O) groups is 1. The van der Waals surface area contributed by atoms with E-state index in [9.17, 15) is 4.79 Å². The molecular formula is C21H17N3O3S. The summed E-state index contributed by atoms with van der Waals surface area (Å²) in [6, 6.07) is 13.6. The molecular weight excluding hydrogens is 374 g/mol. The van der Waals surface area contributed by atoms with Crippen LogP contribution in [-0.2, 0) is 6.54 Å². The summed E-state index contributed by atoms with van der Waals surface area (Å²) in [6.07, 6.45) is 0. The molecule has 0 spiro atoms. The molecule has 3 N–H and O–H groups in total. The summed E-state index contributed by atoms with van der Waals surface area (Å²) >= 11 is 1.32. The Hall–Kier alpha value is -3.32. The van der Waals surface area contributed by atoms with E-state index in [1.807, 2.05) is 49.4 Å². The maximum atomic E-state index is 12.7. The summed E-state index contributed by atoms with van der Waals surface area (Å²) in [5, 5.41) is 4.76. The van der Waals surface area contributed by atoms with E-state index in [0.29, 0.717) is 22.9 Å². The quantitative estimate of drug-likeness (QED) is 0.551. The Labute approximate surface area is 164 Å². The monoisotopic (exact) mass is 391 g/mol. The number of nitrogens with two attached hydrogens (primary N) is 1. The van der Waals surface area contributed by atoms with Crippen molar-refractivity contribution in [2.75, 3.05) is 12.5 Å². The normalized spacial score (nSPS) is 12.6. The fourth-order valence-electron chi connectivity index (χ4n) is 3.36. The number of para-hydroxylation sites is 1. The number of amides is 1. The number of anilines is 1. The molecule has 0 aliphatic carbocycles. The van der Waals surface area contributed by atoms with Gasteiger partial charge in [-0.15, -0.1) is 11.3 Å². The number of hydrogen-bond donors (Lipinski definition) is 2. The van der Waals surface area contributed by atoms with Gasteiger partial charge < -0.3 is 20.5 Å². The number of thiophene rings is 1. The van der Waals surface area contributed by atoms with E-state index in [1.54, 1.807) is 0 Å². The van der Waals surface area contributed by atoms with Gasteiger partial charge in [-0.05, 0) is 36.2 Å². The molecule has 2 aromatic heterocycles. The Morgan fingerprint density at radius 1 is 1.21 bits per heavy atom. The molecule has 7 heteroatoms. The Morgan fingerprint density at radius 2 is 2.07 bits per heavy atom. The highest BCUT2D eigenvalue weighted by Crippen LogP contribution is 2.35. The van der Waals surface area contributed by atoms with Gasteiger partial charge in [0.05, 0.1) is 11.2 Å². The zero-order valence-electron chi connectivity index (χ0n) is 15.1. The van der Waals surface area contributed by atoms with Crippen LogP contribution < -0.4 is 20.5 Å². The van der Waals surface area contributed by atoms with Gasteiger partial charge in [-0.25, -0.2) is 4.98 Å². The minimum atomic E-state index is -0.209. The molecule has 0 radical (unpaired) electrons. The molecule has 6 nitrogen and oxygen atoms in total. The average Bonchev–Trinajstić information content (AvgIpc) is 3.29. The average molecular weight is 391 g/mol. The van der Waals surface area contributed by atoms with Gasteiger partial charge in [-0.3, -0.25) is 4.79 Å². The number of benzene rings is 2. The number of nitrogen functional groups attached to an aromatic ring is 1. The topological polar surface area (TPSA) is 86.5 Å². The standard InChI is InChI=1S/C21H17N3O3S/c1-11-3-2-4-13-8-14-17(22)19(28-21(14)24-18(11)13)20(25)23-9-12-5-6-15-16(7-12)27-10-26-15/h2-8H,9-10,22H2,1H3,(H,23,25). The highest BCUT2D eigenvalue weighted by Gasteiger charge is 2.19. The summed E-state index contributed by atoms with van der Waals surface area (Å²) in [5.41, 5.74) is 9.71. The maximum Gasteiger partial charge on any atom is 0.263 e. The molecule has 3 heterocycles. The van der Waals surface area contributed by atoms with Crippen LogP contribution in [0.1, 0.15) is 20.8 Å². The van der Waals surface area contributed by atoms with Gasteiger partial charge in [0.15, 0.2) is 11.5 Å². The number of nitrogens with zero attached hydrogens (tertiary/aromatic N) is 1. The van der Waals surface area contributed by atoms with E-state index in [-0.39, 0.29) is 12.7 Å². The van der Waals surface area contributed by atoms with E-state index < -0.39 is 0 Å². The third-order valence-corrected chi connectivity index (χ3v) is 5.96. The van der Waals surface area contributed by atoms with Gasteiger partial charge in [0.1, 0.15) is 9.71 Å². The minimum Gasteiger partial charge on any atom is -0.454 e. The lowest BCUT2D eigenvalue weighted by atomic mass is 10.1. The lowest BCUT2D eigenvalue weighted by Crippen LogP contribution is -2.22. The van der Waals surface area contributed by atoms with Crippen LogP contribution in [0.2, 0.25) is 0 Å². The van der Waals surface area contributed by atoms with Crippen LogP contribution in [0.15, 0.2) is 42.5 Å². The van der Waals surface area contributed by atoms with Crippen LogP contribution in [0.25, 0.3) is 21.1 Å². The van der Waals surface area contributed by atoms with E-state index >= 15 is 0 Å². The molecule has 5 rings (SSSR count). The van der Waals surface area contributed by atoms with Crippen molar-refractivity contribution in [3.8, 4) is 11.5 Å². The van der Waals surface area contributed by atoms with Crippen LogP contribution in [-0.4, -0.2) is 17.7 Å². The van der Waals surface area contributed by atoms with Crippen molar-refractivity contribution < 1.29 is 14.3 Å². The van der Waals surface area contributed by atoms with E-state index in [0.717, 1.165) is 38.0 Å². The number of pyridine rings is 1. The highest BCUT2D eigenvalue weighted by molar-refractivity contribution is 7.21. The zero-order valence-corrected chi connectivity index (χ0v) is 15.9. The largest absolute Gasteiger partial charge is 0.454 e.